The molecule has 0 unspecified atom stereocenters. The molecule has 1 aromatic carbocycles. The fourth-order valence-corrected chi connectivity index (χ4v) is 3.73. The summed E-state index contributed by atoms with van der Waals surface area (Å²) in [6.45, 7) is 1.88. The number of carbonyl (C=O) groups excluding carboxylic acids is 2. The van der Waals surface area contributed by atoms with Crippen LogP contribution in [0.2, 0.25) is 0 Å². The van der Waals surface area contributed by atoms with Crippen molar-refractivity contribution in [1.29, 1.82) is 0 Å². The Kier molecular flexibility index (Phi) is 5.71. The molecule has 2 amide bonds. The second-order valence-corrected chi connectivity index (χ2v) is 6.74. The smallest absolute Gasteiger partial charge is 0.227 e. The largest absolute Gasteiger partial charge is 0.383 e. The van der Waals surface area contributed by atoms with Crippen molar-refractivity contribution in [2.75, 3.05) is 38.8 Å². The maximum Gasteiger partial charge on any atom is 0.227 e. The molecule has 136 valence electrons. The normalized spacial score (nSPS) is 23.5. The van der Waals surface area contributed by atoms with E-state index in [0.717, 1.165) is 30.6 Å². The minimum absolute atomic E-state index is 0.0609. The third kappa shape index (κ3) is 4.02. The van der Waals surface area contributed by atoms with Crippen molar-refractivity contribution in [3.05, 3.63) is 29.8 Å². The van der Waals surface area contributed by atoms with Gasteiger partial charge in [0.15, 0.2) is 0 Å². The summed E-state index contributed by atoms with van der Waals surface area (Å²) in [5.74, 6) is 0.234. The summed E-state index contributed by atoms with van der Waals surface area (Å²) >= 11 is 0. The lowest BCUT2D eigenvalue weighted by atomic mass is 10.1. The van der Waals surface area contributed by atoms with Crippen LogP contribution < -0.4 is 4.90 Å². The SMILES string of the molecule is COC[C@@H]1C[C@@H](OC)CN1C(=O)Cc1cccc(N2CCCC2=O)c1. The highest BCUT2D eigenvalue weighted by Gasteiger charge is 2.35. The summed E-state index contributed by atoms with van der Waals surface area (Å²) in [7, 11) is 3.33. The van der Waals surface area contributed by atoms with Crippen molar-refractivity contribution in [2.24, 2.45) is 0 Å². The Labute approximate surface area is 148 Å². The number of hydrogen-bond acceptors (Lipinski definition) is 4. The molecule has 0 aliphatic carbocycles. The molecule has 0 N–H and O–H groups in total. The van der Waals surface area contributed by atoms with E-state index in [-0.39, 0.29) is 24.0 Å². The van der Waals surface area contributed by atoms with Gasteiger partial charge >= 0.3 is 0 Å². The van der Waals surface area contributed by atoms with Crippen LogP contribution in [0.5, 0.6) is 0 Å². The molecule has 0 aromatic heterocycles. The van der Waals surface area contributed by atoms with Crippen LogP contribution in [-0.2, 0) is 25.5 Å². The van der Waals surface area contributed by atoms with Crippen molar-refractivity contribution in [2.45, 2.75) is 37.8 Å². The zero-order valence-corrected chi connectivity index (χ0v) is 14.9. The van der Waals surface area contributed by atoms with Gasteiger partial charge < -0.3 is 19.3 Å². The predicted octanol–water partition coefficient (Wildman–Crippen LogP) is 1.62. The van der Waals surface area contributed by atoms with E-state index in [1.54, 1.807) is 19.1 Å². The second kappa shape index (κ2) is 7.97. The van der Waals surface area contributed by atoms with E-state index < -0.39 is 0 Å². The van der Waals surface area contributed by atoms with Crippen LogP contribution in [0.25, 0.3) is 0 Å². The van der Waals surface area contributed by atoms with Gasteiger partial charge in [0.2, 0.25) is 11.8 Å². The first kappa shape index (κ1) is 17.9. The van der Waals surface area contributed by atoms with Gasteiger partial charge in [0, 0.05) is 39.4 Å². The first-order valence-electron chi connectivity index (χ1n) is 8.83. The van der Waals surface area contributed by atoms with Crippen molar-refractivity contribution in [3.8, 4) is 0 Å². The zero-order chi connectivity index (χ0) is 17.8. The molecule has 3 rings (SSSR count). The van der Waals surface area contributed by atoms with Gasteiger partial charge in [-0.25, -0.2) is 0 Å². The van der Waals surface area contributed by atoms with Crippen molar-refractivity contribution in [3.63, 3.8) is 0 Å². The van der Waals surface area contributed by atoms with Gasteiger partial charge in [-0.3, -0.25) is 9.59 Å². The summed E-state index contributed by atoms with van der Waals surface area (Å²) < 4.78 is 10.7. The fraction of sp³-hybridized carbons (Fsp3) is 0.579. The van der Waals surface area contributed by atoms with Crippen LogP contribution in [-0.4, -0.2) is 62.8 Å². The van der Waals surface area contributed by atoms with Gasteiger partial charge in [0.05, 0.1) is 25.2 Å². The molecule has 1 aromatic rings. The molecular formula is C19H26N2O4. The first-order chi connectivity index (χ1) is 12.1. The van der Waals surface area contributed by atoms with E-state index in [1.807, 2.05) is 29.2 Å². The molecule has 0 bridgehead atoms. The Morgan fingerprint density at radius 2 is 2.16 bits per heavy atom. The van der Waals surface area contributed by atoms with Gasteiger partial charge in [0.1, 0.15) is 0 Å². The minimum Gasteiger partial charge on any atom is -0.383 e. The number of likely N-dealkylation sites (tertiary alicyclic amines) is 1. The van der Waals surface area contributed by atoms with Crippen LogP contribution in [0.1, 0.15) is 24.8 Å². The van der Waals surface area contributed by atoms with E-state index in [0.29, 0.717) is 26.0 Å². The molecule has 6 heteroatoms. The van der Waals surface area contributed by atoms with Crippen LogP contribution in [0.15, 0.2) is 24.3 Å². The molecule has 6 nitrogen and oxygen atoms in total. The zero-order valence-electron chi connectivity index (χ0n) is 14.9. The monoisotopic (exact) mass is 346 g/mol. The minimum atomic E-state index is 0.0609. The molecule has 2 fully saturated rings. The number of methoxy groups -OCH3 is 2. The number of amides is 2. The maximum atomic E-state index is 12.8. The number of benzene rings is 1. The second-order valence-electron chi connectivity index (χ2n) is 6.74. The number of carbonyl (C=O) groups is 2. The van der Waals surface area contributed by atoms with Crippen molar-refractivity contribution >= 4 is 17.5 Å². The van der Waals surface area contributed by atoms with E-state index in [1.165, 1.54) is 0 Å². The average Bonchev–Trinajstić information content (AvgIpc) is 3.21. The lowest BCUT2D eigenvalue weighted by Gasteiger charge is -2.24. The standard InChI is InChI=1S/C19H26N2O4/c1-24-13-16-11-17(25-2)12-21(16)19(23)10-14-5-3-6-15(9-14)20-8-4-7-18(20)22/h3,5-6,9,16-17H,4,7-8,10-13H2,1-2H3/t16-,17+/m0/s1. The third-order valence-electron chi connectivity index (χ3n) is 5.04. The van der Waals surface area contributed by atoms with E-state index >= 15 is 0 Å². The highest BCUT2D eigenvalue weighted by molar-refractivity contribution is 5.95. The van der Waals surface area contributed by atoms with Crippen LogP contribution in [0, 0.1) is 0 Å². The quantitative estimate of drug-likeness (QED) is 0.785. The molecule has 2 atom stereocenters. The number of anilines is 1. The summed E-state index contributed by atoms with van der Waals surface area (Å²) in [4.78, 5) is 28.4. The lowest BCUT2D eigenvalue weighted by molar-refractivity contribution is -0.132. The van der Waals surface area contributed by atoms with E-state index in [4.69, 9.17) is 9.47 Å². The molecule has 2 saturated heterocycles. The van der Waals surface area contributed by atoms with E-state index in [2.05, 4.69) is 0 Å². The Bertz CT molecular complexity index is 634. The van der Waals surface area contributed by atoms with E-state index in [9.17, 15) is 9.59 Å². The summed E-state index contributed by atoms with van der Waals surface area (Å²) in [6, 6.07) is 7.80. The maximum absolute atomic E-state index is 12.8. The molecule has 0 spiro atoms. The van der Waals surface area contributed by atoms with Gasteiger partial charge in [-0.15, -0.1) is 0 Å². The number of hydrogen-bond donors (Lipinski definition) is 0. The molecule has 2 aliphatic heterocycles. The molecule has 2 heterocycles. The van der Waals surface area contributed by atoms with Gasteiger partial charge in [0.25, 0.3) is 0 Å². The van der Waals surface area contributed by atoms with Crippen LogP contribution in [0.3, 0.4) is 0 Å². The lowest BCUT2D eigenvalue weighted by Crippen LogP contribution is -2.39. The topological polar surface area (TPSA) is 59.1 Å². The first-order valence-corrected chi connectivity index (χ1v) is 8.83. The van der Waals surface area contributed by atoms with Crippen molar-refractivity contribution < 1.29 is 19.1 Å². The summed E-state index contributed by atoms with van der Waals surface area (Å²) in [5.41, 5.74) is 1.82. The van der Waals surface area contributed by atoms with Gasteiger partial charge in [-0.05, 0) is 30.5 Å². The fourth-order valence-electron chi connectivity index (χ4n) is 3.73. The Hall–Kier alpha value is -1.92. The Morgan fingerprint density at radius 3 is 2.84 bits per heavy atom. The number of nitrogens with zero attached hydrogens (tertiary/aromatic N) is 2. The summed E-state index contributed by atoms with van der Waals surface area (Å²) in [6.07, 6.45) is 2.70. The predicted molar refractivity (Wildman–Crippen MR) is 94.5 cm³/mol. The molecule has 0 saturated carbocycles. The molecule has 0 radical (unpaired) electrons. The molecule has 2 aliphatic rings. The highest BCUT2D eigenvalue weighted by Crippen LogP contribution is 2.24. The highest BCUT2D eigenvalue weighted by atomic mass is 16.5. The number of ether oxygens (including phenoxy) is 2. The number of rotatable bonds is 6. The Morgan fingerprint density at radius 1 is 1.32 bits per heavy atom. The Balaban J connectivity index is 1.69. The van der Waals surface area contributed by atoms with Crippen LogP contribution in [0.4, 0.5) is 5.69 Å². The summed E-state index contributed by atoms with van der Waals surface area (Å²) in [5, 5.41) is 0. The van der Waals surface area contributed by atoms with Gasteiger partial charge in [-0.1, -0.05) is 12.1 Å². The average molecular weight is 346 g/mol. The third-order valence-corrected chi connectivity index (χ3v) is 5.04. The molecular weight excluding hydrogens is 320 g/mol. The molecule has 25 heavy (non-hydrogen) atoms. The van der Waals surface area contributed by atoms with Gasteiger partial charge in [-0.2, -0.15) is 0 Å². The van der Waals surface area contributed by atoms with Crippen LogP contribution >= 0.6 is 0 Å². The van der Waals surface area contributed by atoms with Crippen molar-refractivity contribution in [1.82, 2.24) is 4.90 Å².